The number of aromatic nitrogens is 4. The molecule has 5 fully saturated rings. The van der Waals surface area contributed by atoms with E-state index in [9.17, 15) is 4.79 Å². The molecule has 42 heavy (non-hydrogen) atoms. The molecule has 2 bridgehead atoms. The van der Waals surface area contributed by atoms with Gasteiger partial charge in [0.05, 0.1) is 0 Å². The van der Waals surface area contributed by atoms with E-state index in [2.05, 4.69) is 65.0 Å². The Bertz CT molecular complexity index is 1420. The van der Waals surface area contributed by atoms with Crippen molar-refractivity contribution in [2.75, 3.05) is 31.6 Å². The standard InChI is InChI=1S/C33H44N6O3/c1-31(2,3)30-35-29(37-42-30)33-15-12-32(13-16-33,14-17-33)21-39(28(40)23-10-18-38(4)19-11-23)25-7-5-6-24(20-25)27-34-26(36-41-27)22-8-9-22/h5-7,20,22-23H,8-19,21H2,1-4H3. The van der Waals surface area contributed by atoms with Gasteiger partial charge >= 0.3 is 0 Å². The average molecular weight is 573 g/mol. The van der Waals surface area contributed by atoms with E-state index in [0.29, 0.717) is 11.8 Å². The smallest absolute Gasteiger partial charge is 0.258 e. The van der Waals surface area contributed by atoms with Crippen molar-refractivity contribution in [1.82, 2.24) is 25.2 Å². The van der Waals surface area contributed by atoms with Crippen LogP contribution in [0.1, 0.15) is 108 Å². The lowest BCUT2D eigenvalue weighted by atomic mass is 9.53. The second-order valence-corrected chi connectivity index (χ2v) is 14.7. The molecule has 5 aliphatic rings. The van der Waals surface area contributed by atoms with Crippen LogP contribution in [0.5, 0.6) is 0 Å². The monoisotopic (exact) mass is 572 g/mol. The van der Waals surface area contributed by atoms with Crippen LogP contribution in [0.15, 0.2) is 33.3 Å². The predicted octanol–water partition coefficient (Wildman–Crippen LogP) is 6.26. The topological polar surface area (TPSA) is 101 Å². The van der Waals surface area contributed by atoms with E-state index < -0.39 is 0 Å². The van der Waals surface area contributed by atoms with E-state index >= 15 is 0 Å². The highest BCUT2D eigenvalue weighted by Crippen LogP contribution is 2.58. The Morgan fingerprint density at radius 2 is 1.69 bits per heavy atom. The number of anilines is 1. The van der Waals surface area contributed by atoms with Crippen LogP contribution in [0.25, 0.3) is 11.5 Å². The van der Waals surface area contributed by atoms with E-state index in [-0.39, 0.29) is 28.1 Å². The third-order valence-corrected chi connectivity index (χ3v) is 10.6. The van der Waals surface area contributed by atoms with Gasteiger partial charge in [-0.1, -0.05) is 37.2 Å². The summed E-state index contributed by atoms with van der Waals surface area (Å²) in [6.07, 6.45) is 10.4. The summed E-state index contributed by atoms with van der Waals surface area (Å²) in [5, 5.41) is 8.71. The first kappa shape index (κ1) is 27.7. The lowest BCUT2D eigenvalue weighted by Crippen LogP contribution is -2.52. The Morgan fingerprint density at radius 3 is 2.33 bits per heavy atom. The number of amides is 1. The number of hydrogen-bond acceptors (Lipinski definition) is 8. The van der Waals surface area contributed by atoms with Gasteiger partial charge in [-0.15, -0.1) is 0 Å². The average Bonchev–Trinajstić information content (AvgIpc) is 3.49. The van der Waals surface area contributed by atoms with Gasteiger partial charge in [-0.3, -0.25) is 4.79 Å². The molecule has 0 unspecified atom stereocenters. The summed E-state index contributed by atoms with van der Waals surface area (Å²) in [6, 6.07) is 8.19. The van der Waals surface area contributed by atoms with E-state index in [0.717, 1.165) is 113 Å². The number of carbonyl (C=O) groups excluding carboxylic acids is 1. The molecule has 0 radical (unpaired) electrons. The summed E-state index contributed by atoms with van der Waals surface area (Å²) >= 11 is 0. The van der Waals surface area contributed by atoms with Gasteiger partial charge in [-0.2, -0.15) is 9.97 Å². The lowest BCUT2D eigenvalue weighted by molar-refractivity contribution is -0.124. The fourth-order valence-electron chi connectivity index (χ4n) is 7.35. The molecule has 2 aromatic heterocycles. The summed E-state index contributed by atoms with van der Waals surface area (Å²) in [6.45, 7) is 9.02. The van der Waals surface area contributed by atoms with E-state index in [1.807, 2.05) is 12.1 Å². The first-order valence-electron chi connectivity index (χ1n) is 15.9. The molecule has 1 aromatic carbocycles. The maximum atomic E-state index is 14.3. The van der Waals surface area contributed by atoms with Gasteiger partial charge in [0.15, 0.2) is 11.6 Å². The number of carbonyl (C=O) groups is 1. The van der Waals surface area contributed by atoms with Crippen molar-refractivity contribution in [3.8, 4) is 11.5 Å². The van der Waals surface area contributed by atoms with Crippen molar-refractivity contribution in [1.29, 1.82) is 0 Å². The molecule has 9 nitrogen and oxygen atoms in total. The SMILES string of the molecule is CN1CCC(C(=O)N(CC23CCC(c4noc(C(C)(C)C)n4)(CC2)CC3)c2cccc(-c3nc(C4CC4)no3)c2)CC1. The lowest BCUT2D eigenvalue weighted by Gasteiger charge is -2.53. The number of hydrogen-bond donors (Lipinski definition) is 0. The second kappa shape index (κ2) is 10.3. The molecule has 8 rings (SSSR count). The predicted molar refractivity (Wildman–Crippen MR) is 159 cm³/mol. The number of nitrogens with zero attached hydrogens (tertiary/aromatic N) is 6. The molecular weight excluding hydrogens is 528 g/mol. The summed E-state index contributed by atoms with van der Waals surface area (Å²) in [7, 11) is 2.14. The van der Waals surface area contributed by atoms with Gasteiger partial charge in [0.25, 0.3) is 5.89 Å². The Morgan fingerprint density at radius 1 is 0.976 bits per heavy atom. The molecule has 4 aliphatic carbocycles. The first-order valence-corrected chi connectivity index (χ1v) is 15.9. The van der Waals surface area contributed by atoms with E-state index in [1.165, 1.54) is 0 Å². The minimum atomic E-state index is -0.154. The highest BCUT2D eigenvalue weighted by molar-refractivity contribution is 5.95. The van der Waals surface area contributed by atoms with Crippen LogP contribution in [0, 0.1) is 11.3 Å². The summed E-state index contributed by atoms with van der Waals surface area (Å²) in [5.74, 6) is 3.69. The molecular formula is C33H44N6O3. The van der Waals surface area contributed by atoms with Crippen LogP contribution < -0.4 is 4.90 Å². The summed E-state index contributed by atoms with van der Waals surface area (Å²) < 4.78 is 11.4. The Balaban J connectivity index is 1.14. The van der Waals surface area contributed by atoms with Crippen LogP contribution in [0.3, 0.4) is 0 Å². The van der Waals surface area contributed by atoms with Gasteiger partial charge in [-0.05, 0) is 108 Å². The third kappa shape index (κ3) is 5.18. The van der Waals surface area contributed by atoms with Crippen LogP contribution in [0.2, 0.25) is 0 Å². The Labute approximate surface area is 248 Å². The van der Waals surface area contributed by atoms with E-state index in [4.69, 9.17) is 14.0 Å². The molecule has 1 saturated heterocycles. The summed E-state index contributed by atoms with van der Waals surface area (Å²) in [5.41, 5.74) is 1.75. The fraction of sp³-hybridized carbons (Fsp3) is 0.667. The molecule has 3 aromatic rings. The maximum absolute atomic E-state index is 14.3. The van der Waals surface area contributed by atoms with Crippen molar-refractivity contribution < 1.29 is 13.8 Å². The Hall–Kier alpha value is -3.07. The minimum absolute atomic E-state index is 0.00528. The zero-order valence-corrected chi connectivity index (χ0v) is 25.6. The minimum Gasteiger partial charge on any atom is -0.339 e. The van der Waals surface area contributed by atoms with Gasteiger partial charge in [0.2, 0.25) is 11.8 Å². The summed E-state index contributed by atoms with van der Waals surface area (Å²) in [4.78, 5) is 28.3. The van der Waals surface area contributed by atoms with Gasteiger partial charge in [0.1, 0.15) is 0 Å². The van der Waals surface area contributed by atoms with Crippen molar-refractivity contribution in [2.24, 2.45) is 11.3 Å². The molecule has 9 heteroatoms. The maximum Gasteiger partial charge on any atom is 0.258 e. The van der Waals surface area contributed by atoms with Crippen molar-refractivity contribution in [3.05, 3.63) is 41.8 Å². The van der Waals surface area contributed by atoms with Gasteiger partial charge in [-0.25, -0.2) is 0 Å². The van der Waals surface area contributed by atoms with Crippen molar-refractivity contribution in [3.63, 3.8) is 0 Å². The van der Waals surface area contributed by atoms with Crippen LogP contribution in [-0.2, 0) is 15.6 Å². The quantitative estimate of drug-likeness (QED) is 0.327. The second-order valence-electron chi connectivity index (χ2n) is 14.7. The highest BCUT2D eigenvalue weighted by atomic mass is 16.5. The van der Waals surface area contributed by atoms with E-state index in [1.54, 1.807) is 0 Å². The number of likely N-dealkylation sites (tertiary alicyclic amines) is 1. The largest absolute Gasteiger partial charge is 0.339 e. The highest BCUT2D eigenvalue weighted by Gasteiger charge is 2.53. The number of piperidine rings is 1. The number of rotatable bonds is 7. The first-order chi connectivity index (χ1) is 20.1. The number of benzene rings is 1. The zero-order chi connectivity index (χ0) is 29.1. The van der Waals surface area contributed by atoms with Crippen LogP contribution in [0.4, 0.5) is 5.69 Å². The Kier molecular flexibility index (Phi) is 6.79. The fourth-order valence-corrected chi connectivity index (χ4v) is 7.35. The molecule has 0 spiro atoms. The molecule has 3 heterocycles. The van der Waals surface area contributed by atoms with Crippen molar-refractivity contribution >= 4 is 11.6 Å². The molecule has 1 aliphatic heterocycles. The molecule has 4 saturated carbocycles. The third-order valence-electron chi connectivity index (χ3n) is 10.6. The van der Waals surface area contributed by atoms with Crippen LogP contribution in [-0.4, -0.2) is 57.8 Å². The van der Waals surface area contributed by atoms with Gasteiger partial charge < -0.3 is 18.8 Å². The van der Waals surface area contributed by atoms with Gasteiger partial charge in [0, 0.05) is 40.5 Å². The normalized spacial score (nSPS) is 27.0. The zero-order valence-electron chi connectivity index (χ0n) is 25.6. The molecule has 0 atom stereocenters. The van der Waals surface area contributed by atoms with Crippen LogP contribution >= 0.6 is 0 Å². The van der Waals surface area contributed by atoms with Crippen molar-refractivity contribution in [2.45, 2.75) is 102 Å². The molecule has 224 valence electrons. The molecule has 0 N–H and O–H groups in total. The number of fused-ring (bicyclic) bond motifs is 3. The molecule has 1 amide bonds.